The highest BCUT2D eigenvalue weighted by molar-refractivity contribution is 7.98. The Morgan fingerprint density at radius 3 is 2.62 bits per heavy atom. The predicted octanol–water partition coefficient (Wildman–Crippen LogP) is 5.06. The molecule has 0 saturated carbocycles. The van der Waals surface area contributed by atoms with E-state index < -0.39 is 0 Å². The molecule has 0 aliphatic heterocycles. The molecule has 32 heavy (non-hydrogen) atoms. The smallest absolute Gasteiger partial charge is 0.247 e. The molecular formula is C23H19FN6OS. The fourth-order valence-corrected chi connectivity index (χ4v) is 3.56. The number of benzene rings is 2. The minimum Gasteiger partial charge on any atom is -0.340 e. The van der Waals surface area contributed by atoms with Crippen LogP contribution in [-0.2, 0) is 4.79 Å². The van der Waals surface area contributed by atoms with E-state index in [9.17, 15) is 9.18 Å². The zero-order valence-corrected chi connectivity index (χ0v) is 17.9. The normalized spacial score (nSPS) is 10.6. The summed E-state index contributed by atoms with van der Waals surface area (Å²) in [5, 5.41) is 15.2. The molecule has 160 valence electrons. The second kappa shape index (κ2) is 9.44. The van der Waals surface area contributed by atoms with Gasteiger partial charge in [0, 0.05) is 29.2 Å². The summed E-state index contributed by atoms with van der Waals surface area (Å²) >= 11 is 1.45. The van der Waals surface area contributed by atoms with Crippen LogP contribution in [0.5, 0.6) is 0 Å². The van der Waals surface area contributed by atoms with Gasteiger partial charge >= 0.3 is 0 Å². The van der Waals surface area contributed by atoms with Crippen molar-refractivity contribution in [3.8, 4) is 17.1 Å². The van der Waals surface area contributed by atoms with Crippen molar-refractivity contribution in [3.05, 3.63) is 85.3 Å². The van der Waals surface area contributed by atoms with Gasteiger partial charge in [0.05, 0.1) is 5.69 Å². The largest absolute Gasteiger partial charge is 0.340 e. The fourth-order valence-electron chi connectivity index (χ4n) is 3.06. The lowest BCUT2D eigenvalue weighted by Gasteiger charge is -2.12. The molecule has 0 unspecified atom stereocenters. The molecule has 0 saturated heterocycles. The molecule has 2 N–H and O–H groups in total. The second-order valence-electron chi connectivity index (χ2n) is 6.65. The summed E-state index contributed by atoms with van der Waals surface area (Å²) < 4.78 is 15.3. The van der Waals surface area contributed by atoms with Crippen molar-refractivity contribution in [2.24, 2.45) is 0 Å². The van der Waals surface area contributed by atoms with Crippen molar-refractivity contribution in [2.45, 2.75) is 5.16 Å². The van der Waals surface area contributed by atoms with Crippen LogP contribution in [0.4, 0.5) is 21.6 Å². The van der Waals surface area contributed by atoms with Gasteiger partial charge in [0.15, 0.2) is 11.0 Å². The Morgan fingerprint density at radius 1 is 1.09 bits per heavy atom. The summed E-state index contributed by atoms with van der Waals surface area (Å²) in [6, 6.07) is 17.1. The van der Waals surface area contributed by atoms with Crippen molar-refractivity contribution in [2.75, 3.05) is 16.9 Å². The van der Waals surface area contributed by atoms with E-state index >= 15 is 0 Å². The van der Waals surface area contributed by atoms with Gasteiger partial charge in [0.1, 0.15) is 11.6 Å². The van der Waals surface area contributed by atoms with Crippen molar-refractivity contribution >= 4 is 34.9 Å². The van der Waals surface area contributed by atoms with Crippen LogP contribution in [0.15, 0.2) is 84.7 Å². The first-order chi connectivity index (χ1) is 15.6. The molecule has 1 amide bonds. The Bertz CT molecular complexity index is 1270. The van der Waals surface area contributed by atoms with Crippen LogP contribution < -0.4 is 10.6 Å². The molecule has 2 aromatic heterocycles. The molecular weight excluding hydrogens is 427 g/mol. The van der Waals surface area contributed by atoms with E-state index in [0.717, 1.165) is 16.9 Å². The first-order valence-corrected chi connectivity index (χ1v) is 10.8. The number of hydrogen-bond acceptors (Lipinski definition) is 6. The van der Waals surface area contributed by atoms with E-state index in [2.05, 4.69) is 32.4 Å². The molecule has 0 spiro atoms. The van der Waals surface area contributed by atoms with E-state index in [1.807, 2.05) is 35.1 Å². The summed E-state index contributed by atoms with van der Waals surface area (Å²) in [4.78, 5) is 16.0. The Morgan fingerprint density at radius 2 is 1.88 bits per heavy atom. The van der Waals surface area contributed by atoms with Gasteiger partial charge in [-0.1, -0.05) is 24.4 Å². The van der Waals surface area contributed by atoms with Gasteiger partial charge in [-0.3, -0.25) is 9.36 Å². The van der Waals surface area contributed by atoms with Crippen LogP contribution in [0.3, 0.4) is 0 Å². The zero-order chi connectivity index (χ0) is 22.5. The topological polar surface area (TPSA) is 84.7 Å². The highest BCUT2D eigenvalue weighted by Crippen LogP contribution is 2.28. The van der Waals surface area contributed by atoms with E-state index in [1.54, 1.807) is 30.5 Å². The molecule has 0 aliphatic carbocycles. The molecule has 0 bridgehead atoms. The van der Waals surface area contributed by atoms with Crippen LogP contribution in [0.1, 0.15) is 0 Å². The van der Waals surface area contributed by atoms with E-state index in [-0.39, 0.29) is 11.7 Å². The minimum absolute atomic E-state index is 0.284. The number of carbonyl (C=O) groups excluding carboxylic acids is 1. The monoisotopic (exact) mass is 446 g/mol. The molecule has 4 rings (SSSR count). The Kier molecular flexibility index (Phi) is 6.27. The van der Waals surface area contributed by atoms with Gasteiger partial charge in [-0.05, 0) is 60.9 Å². The summed E-state index contributed by atoms with van der Waals surface area (Å²) in [5.74, 6) is 0.598. The highest BCUT2D eigenvalue weighted by atomic mass is 32.2. The first kappa shape index (κ1) is 21.3. The Balaban J connectivity index is 1.66. The van der Waals surface area contributed by atoms with Crippen LogP contribution in [0.25, 0.3) is 17.1 Å². The number of thioether (sulfide) groups is 1. The summed E-state index contributed by atoms with van der Waals surface area (Å²) in [6.45, 7) is 3.46. The number of amides is 1. The van der Waals surface area contributed by atoms with Gasteiger partial charge < -0.3 is 10.6 Å². The zero-order valence-electron chi connectivity index (χ0n) is 17.1. The maximum atomic E-state index is 13.4. The quantitative estimate of drug-likeness (QED) is 0.305. The lowest BCUT2D eigenvalue weighted by Crippen LogP contribution is -2.07. The number of hydrogen-bond donors (Lipinski definition) is 2. The van der Waals surface area contributed by atoms with Crippen LogP contribution >= 0.6 is 11.8 Å². The highest BCUT2D eigenvalue weighted by Gasteiger charge is 2.16. The SMILES string of the molecule is C=CC(=O)Nc1cccc(Nc2cc(-n3c(SC)nnc3-c3ccc(F)cc3)ccn2)c1. The Hall–Kier alpha value is -3.98. The number of nitrogens with zero attached hydrogens (tertiary/aromatic N) is 4. The summed E-state index contributed by atoms with van der Waals surface area (Å²) in [7, 11) is 0. The van der Waals surface area contributed by atoms with Gasteiger partial charge in [-0.2, -0.15) is 0 Å². The molecule has 0 aliphatic rings. The molecule has 7 nitrogen and oxygen atoms in total. The first-order valence-electron chi connectivity index (χ1n) is 9.59. The van der Waals surface area contributed by atoms with Crippen molar-refractivity contribution in [1.29, 1.82) is 0 Å². The molecule has 9 heteroatoms. The van der Waals surface area contributed by atoms with Crippen LogP contribution in [-0.4, -0.2) is 31.9 Å². The molecule has 0 fully saturated rings. The van der Waals surface area contributed by atoms with Crippen molar-refractivity contribution < 1.29 is 9.18 Å². The number of nitrogens with one attached hydrogen (secondary N) is 2. The van der Waals surface area contributed by atoms with Crippen molar-refractivity contribution in [3.63, 3.8) is 0 Å². The summed E-state index contributed by atoms with van der Waals surface area (Å²) in [5.41, 5.74) is 2.94. The third kappa shape index (κ3) is 4.68. The fraction of sp³-hybridized carbons (Fsp3) is 0.0435. The number of pyridine rings is 1. The second-order valence-corrected chi connectivity index (χ2v) is 7.42. The molecule has 2 heterocycles. The standard InChI is InChI=1S/C23H19FN6OS/c1-3-21(31)27-18-6-4-5-17(13-18)26-20-14-19(11-12-25-20)30-22(28-29-23(30)32-2)15-7-9-16(24)10-8-15/h3-14H,1H2,2H3,(H,25,26)(H,27,31). The maximum absolute atomic E-state index is 13.4. The lowest BCUT2D eigenvalue weighted by atomic mass is 10.2. The van der Waals surface area contributed by atoms with Gasteiger partial charge in [-0.15, -0.1) is 10.2 Å². The average molecular weight is 447 g/mol. The predicted molar refractivity (Wildman–Crippen MR) is 125 cm³/mol. The number of anilines is 3. The summed E-state index contributed by atoms with van der Waals surface area (Å²) in [6.07, 6.45) is 4.81. The molecule has 2 aromatic carbocycles. The molecule has 0 atom stereocenters. The van der Waals surface area contributed by atoms with E-state index in [4.69, 9.17) is 0 Å². The van der Waals surface area contributed by atoms with Gasteiger partial charge in [0.25, 0.3) is 0 Å². The van der Waals surface area contributed by atoms with Gasteiger partial charge in [-0.25, -0.2) is 9.37 Å². The lowest BCUT2D eigenvalue weighted by molar-refractivity contribution is -0.111. The van der Waals surface area contributed by atoms with Crippen molar-refractivity contribution in [1.82, 2.24) is 19.7 Å². The number of aromatic nitrogens is 4. The van der Waals surface area contributed by atoms with E-state index in [0.29, 0.717) is 22.5 Å². The van der Waals surface area contributed by atoms with Crippen LogP contribution in [0.2, 0.25) is 0 Å². The molecule has 4 aromatic rings. The third-order valence-electron chi connectivity index (χ3n) is 4.51. The number of rotatable bonds is 7. The third-order valence-corrected chi connectivity index (χ3v) is 5.14. The number of carbonyl (C=O) groups is 1. The Labute approximate surface area is 188 Å². The maximum Gasteiger partial charge on any atom is 0.247 e. The van der Waals surface area contributed by atoms with Crippen LogP contribution in [0, 0.1) is 5.82 Å². The van der Waals surface area contributed by atoms with Gasteiger partial charge in [0.2, 0.25) is 5.91 Å². The average Bonchev–Trinajstić information content (AvgIpc) is 3.24. The minimum atomic E-state index is -0.313. The van der Waals surface area contributed by atoms with E-state index in [1.165, 1.54) is 30.0 Å². The number of halogens is 1. The molecule has 0 radical (unpaired) electrons.